The zero-order valence-corrected chi connectivity index (χ0v) is 24.1. The summed E-state index contributed by atoms with van der Waals surface area (Å²) in [6.45, 7) is 0. The molecule has 2 heterocycles. The van der Waals surface area contributed by atoms with Crippen molar-refractivity contribution in [2.24, 2.45) is 0 Å². The van der Waals surface area contributed by atoms with E-state index in [1.54, 1.807) is 0 Å². The molecule has 0 atom stereocenters. The first kappa shape index (κ1) is 24.2. The van der Waals surface area contributed by atoms with E-state index >= 15 is 0 Å². The van der Waals surface area contributed by atoms with Gasteiger partial charge in [-0.2, -0.15) is 0 Å². The van der Waals surface area contributed by atoms with E-state index < -0.39 is 0 Å². The Kier molecular flexibility index (Phi) is 5.40. The molecule has 0 aliphatic rings. The summed E-state index contributed by atoms with van der Waals surface area (Å²) in [4.78, 5) is 2.38. The minimum Gasteiger partial charge on any atom is -0.310 e. The second-order valence-electron chi connectivity index (χ2n) is 11.0. The van der Waals surface area contributed by atoms with Crippen LogP contribution in [0.25, 0.3) is 58.4 Å². The Bertz CT molecular complexity index is 2450. The Morgan fingerprint density at radius 3 is 1.91 bits per heavy atom. The highest BCUT2D eigenvalue weighted by Gasteiger charge is 2.19. The lowest BCUT2D eigenvalue weighted by atomic mass is 10.0. The minimum absolute atomic E-state index is 1.13. The number of thiophene rings is 1. The van der Waals surface area contributed by atoms with Crippen molar-refractivity contribution < 1.29 is 0 Å². The van der Waals surface area contributed by atoms with Gasteiger partial charge >= 0.3 is 0 Å². The molecule has 2 aromatic heterocycles. The average Bonchev–Trinajstić information content (AvgIpc) is 3.61. The number of benzene rings is 7. The van der Waals surface area contributed by atoms with Crippen LogP contribution in [0.4, 0.5) is 17.1 Å². The summed E-state index contributed by atoms with van der Waals surface area (Å²) in [5, 5.41) is 7.72. The monoisotopic (exact) mass is 566 g/mol. The van der Waals surface area contributed by atoms with Crippen molar-refractivity contribution in [2.45, 2.75) is 0 Å². The number of aromatic nitrogens is 1. The summed E-state index contributed by atoms with van der Waals surface area (Å²) in [6.07, 6.45) is 0. The topological polar surface area (TPSA) is 8.17 Å². The van der Waals surface area contributed by atoms with Crippen molar-refractivity contribution >= 4 is 81.1 Å². The molecule has 0 spiro atoms. The van der Waals surface area contributed by atoms with Gasteiger partial charge in [0.05, 0.1) is 11.0 Å². The fourth-order valence-corrected chi connectivity index (χ4v) is 7.79. The van der Waals surface area contributed by atoms with Crippen LogP contribution in [-0.4, -0.2) is 4.57 Å². The van der Waals surface area contributed by atoms with E-state index in [-0.39, 0.29) is 0 Å². The Morgan fingerprint density at radius 2 is 1.07 bits per heavy atom. The number of anilines is 3. The van der Waals surface area contributed by atoms with E-state index in [2.05, 4.69) is 167 Å². The van der Waals surface area contributed by atoms with E-state index in [1.807, 2.05) is 11.3 Å². The zero-order chi connectivity index (χ0) is 28.3. The third-order valence-corrected chi connectivity index (χ3v) is 9.68. The molecule has 0 unspecified atom stereocenters. The number of fused-ring (bicyclic) bond motifs is 8. The number of hydrogen-bond donors (Lipinski definition) is 0. The highest BCUT2D eigenvalue weighted by Crippen LogP contribution is 2.43. The van der Waals surface area contributed by atoms with Crippen LogP contribution in [-0.2, 0) is 0 Å². The molecule has 0 aliphatic heterocycles. The molecular weight excluding hydrogens is 541 g/mol. The first-order valence-electron chi connectivity index (χ1n) is 14.6. The van der Waals surface area contributed by atoms with Crippen LogP contribution in [0.15, 0.2) is 158 Å². The molecular formula is C40H26N2S. The lowest BCUT2D eigenvalue weighted by molar-refractivity contribution is 1.18. The summed E-state index contributed by atoms with van der Waals surface area (Å²) in [6, 6.07) is 57.2. The lowest BCUT2D eigenvalue weighted by Gasteiger charge is -2.26. The molecule has 3 heteroatoms. The fourth-order valence-electron chi connectivity index (χ4n) is 6.65. The third kappa shape index (κ3) is 3.79. The Morgan fingerprint density at radius 1 is 0.419 bits per heavy atom. The molecule has 0 saturated heterocycles. The summed E-state index contributed by atoms with van der Waals surface area (Å²) in [5.41, 5.74) is 6.98. The number of hydrogen-bond acceptors (Lipinski definition) is 2. The van der Waals surface area contributed by atoms with Gasteiger partial charge in [-0.3, -0.25) is 0 Å². The third-order valence-electron chi connectivity index (χ3n) is 8.55. The van der Waals surface area contributed by atoms with E-state index in [9.17, 15) is 0 Å². The molecule has 202 valence electrons. The molecule has 2 nitrogen and oxygen atoms in total. The van der Waals surface area contributed by atoms with Gasteiger partial charge < -0.3 is 9.47 Å². The maximum atomic E-state index is 2.42. The van der Waals surface area contributed by atoms with Gasteiger partial charge in [0.15, 0.2) is 0 Å². The Labute approximate surface area is 253 Å². The van der Waals surface area contributed by atoms with Gasteiger partial charge in [-0.1, -0.05) is 97.1 Å². The van der Waals surface area contributed by atoms with Crippen molar-refractivity contribution in [2.75, 3.05) is 4.90 Å². The molecule has 0 fully saturated rings. The van der Waals surface area contributed by atoms with Crippen LogP contribution in [0.1, 0.15) is 0 Å². The normalized spacial score (nSPS) is 11.7. The van der Waals surface area contributed by atoms with Crippen LogP contribution < -0.4 is 4.90 Å². The lowest BCUT2D eigenvalue weighted by Crippen LogP contribution is -2.09. The van der Waals surface area contributed by atoms with E-state index in [0.29, 0.717) is 0 Å². The maximum Gasteiger partial charge on any atom is 0.0562 e. The first-order chi connectivity index (χ1) is 21.3. The molecule has 43 heavy (non-hydrogen) atoms. The smallest absolute Gasteiger partial charge is 0.0562 e. The summed E-state index contributed by atoms with van der Waals surface area (Å²) < 4.78 is 5.03. The molecule has 9 rings (SSSR count). The molecule has 0 radical (unpaired) electrons. The van der Waals surface area contributed by atoms with Crippen LogP contribution in [0, 0.1) is 0 Å². The second kappa shape index (κ2) is 9.59. The first-order valence-corrected chi connectivity index (χ1v) is 15.4. The van der Waals surface area contributed by atoms with Gasteiger partial charge in [-0.15, -0.1) is 11.3 Å². The average molecular weight is 567 g/mol. The molecule has 0 aliphatic carbocycles. The maximum absolute atomic E-state index is 2.42. The van der Waals surface area contributed by atoms with Gasteiger partial charge in [0.25, 0.3) is 0 Å². The van der Waals surface area contributed by atoms with E-state index in [4.69, 9.17) is 0 Å². The number of nitrogens with zero attached hydrogens (tertiary/aromatic N) is 2. The molecule has 0 bridgehead atoms. The van der Waals surface area contributed by atoms with Crippen molar-refractivity contribution in [3.8, 4) is 5.69 Å². The number of para-hydroxylation sites is 2. The SMILES string of the molecule is c1ccc(N(c2ccc3c(c2)sc2ccccc23)c2ccc3c4c5ccccc5ccc4n(-c4ccccc4)c3c2)cc1. The second-order valence-corrected chi connectivity index (χ2v) is 12.1. The Hall–Kier alpha value is -5.38. The molecule has 9 aromatic rings. The van der Waals surface area contributed by atoms with Crippen molar-refractivity contribution in [1.29, 1.82) is 0 Å². The molecule has 0 N–H and O–H groups in total. The zero-order valence-electron chi connectivity index (χ0n) is 23.3. The van der Waals surface area contributed by atoms with Crippen LogP contribution in [0.5, 0.6) is 0 Å². The van der Waals surface area contributed by atoms with Gasteiger partial charge in [-0.05, 0) is 71.4 Å². The highest BCUT2D eigenvalue weighted by molar-refractivity contribution is 7.25. The standard InChI is InChI=1S/C40H26N2S/c1-3-12-28(13-4-1)41(31-20-22-34-33-17-9-10-18-38(33)43-39(34)26-31)30-21-23-35-37(25-30)42(29-14-5-2-6-15-29)36-24-19-27-11-7-8-16-32(27)40(35)36/h1-26H. The van der Waals surface area contributed by atoms with Crippen LogP contribution >= 0.6 is 11.3 Å². The van der Waals surface area contributed by atoms with Gasteiger partial charge in [0.2, 0.25) is 0 Å². The fraction of sp³-hybridized carbons (Fsp3) is 0. The quantitative estimate of drug-likeness (QED) is 0.206. The van der Waals surface area contributed by atoms with E-state index in [1.165, 1.54) is 52.8 Å². The highest BCUT2D eigenvalue weighted by atomic mass is 32.1. The predicted octanol–water partition coefficient (Wildman–Crippen LogP) is 11.8. The summed E-state index contributed by atoms with van der Waals surface area (Å²) in [7, 11) is 0. The van der Waals surface area contributed by atoms with E-state index in [0.717, 1.165) is 22.7 Å². The predicted molar refractivity (Wildman–Crippen MR) is 186 cm³/mol. The van der Waals surface area contributed by atoms with Crippen LogP contribution in [0.3, 0.4) is 0 Å². The molecule has 0 amide bonds. The van der Waals surface area contributed by atoms with Gasteiger partial charge in [0.1, 0.15) is 0 Å². The summed E-state index contributed by atoms with van der Waals surface area (Å²) >= 11 is 1.86. The number of rotatable bonds is 4. The van der Waals surface area contributed by atoms with Crippen molar-refractivity contribution in [3.05, 3.63) is 158 Å². The minimum atomic E-state index is 1.13. The van der Waals surface area contributed by atoms with Gasteiger partial charge in [-0.25, -0.2) is 0 Å². The Balaban J connectivity index is 1.33. The van der Waals surface area contributed by atoms with Crippen molar-refractivity contribution in [3.63, 3.8) is 0 Å². The van der Waals surface area contributed by atoms with Crippen LogP contribution in [0.2, 0.25) is 0 Å². The van der Waals surface area contributed by atoms with Gasteiger partial charge in [0, 0.05) is 53.7 Å². The summed E-state index contributed by atoms with van der Waals surface area (Å²) in [5.74, 6) is 0. The largest absolute Gasteiger partial charge is 0.310 e. The molecule has 0 saturated carbocycles. The van der Waals surface area contributed by atoms with Crippen molar-refractivity contribution in [1.82, 2.24) is 4.57 Å². The molecule has 7 aromatic carbocycles.